The van der Waals surface area contributed by atoms with E-state index in [0.29, 0.717) is 0 Å². The van der Waals surface area contributed by atoms with Gasteiger partial charge in [0.15, 0.2) is 0 Å². The molecule has 1 aromatic rings. The Morgan fingerprint density at radius 3 is 2.57 bits per heavy atom. The van der Waals surface area contributed by atoms with Crippen LogP contribution in [0.3, 0.4) is 0 Å². The van der Waals surface area contributed by atoms with Gasteiger partial charge in [-0.2, -0.15) is 0 Å². The maximum atomic E-state index is 6.16. The van der Waals surface area contributed by atoms with Crippen LogP contribution in [0.1, 0.15) is 48.6 Å². The van der Waals surface area contributed by atoms with Crippen LogP contribution in [0, 0.1) is 13.8 Å². The smallest absolute Gasteiger partial charge is 0.0306 e. The second-order valence-corrected chi connectivity index (χ2v) is 5.24. The molecule has 1 unspecified atom stereocenters. The van der Waals surface area contributed by atoms with E-state index in [9.17, 15) is 0 Å². The molecule has 2 rings (SSSR count). The standard InChI is InChI=1S/C13H19N/c1-8-5-9(2)12-10(6-8)11(14)7-13(12,3)4/h5-6,11H,7,14H2,1-4H3. The Morgan fingerprint density at radius 1 is 1.29 bits per heavy atom. The van der Waals surface area contributed by atoms with Gasteiger partial charge in [0.25, 0.3) is 0 Å². The summed E-state index contributed by atoms with van der Waals surface area (Å²) in [7, 11) is 0. The van der Waals surface area contributed by atoms with E-state index in [1.165, 1.54) is 22.3 Å². The molecule has 0 heterocycles. The Labute approximate surface area is 86.3 Å². The number of benzene rings is 1. The maximum Gasteiger partial charge on any atom is 0.0306 e. The highest BCUT2D eigenvalue weighted by atomic mass is 14.7. The summed E-state index contributed by atoms with van der Waals surface area (Å²) in [6, 6.07) is 4.75. The van der Waals surface area contributed by atoms with Crippen molar-refractivity contribution in [2.24, 2.45) is 5.73 Å². The van der Waals surface area contributed by atoms with Crippen LogP contribution in [-0.4, -0.2) is 0 Å². The fraction of sp³-hybridized carbons (Fsp3) is 0.538. The Hall–Kier alpha value is -0.820. The highest BCUT2D eigenvalue weighted by molar-refractivity contribution is 5.48. The summed E-state index contributed by atoms with van der Waals surface area (Å²) < 4.78 is 0. The van der Waals surface area contributed by atoms with Gasteiger partial charge < -0.3 is 5.73 Å². The molecule has 0 aromatic heterocycles. The van der Waals surface area contributed by atoms with E-state index in [0.717, 1.165) is 6.42 Å². The van der Waals surface area contributed by atoms with Gasteiger partial charge in [0.1, 0.15) is 0 Å². The number of hydrogen-bond donors (Lipinski definition) is 1. The second-order valence-electron chi connectivity index (χ2n) is 5.24. The molecule has 76 valence electrons. The van der Waals surface area contributed by atoms with Crippen LogP contribution < -0.4 is 5.73 Å². The normalized spacial score (nSPS) is 23.6. The minimum Gasteiger partial charge on any atom is -0.324 e. The Morgan fingerprint density at radius 2 is 1.93 bits per heavy atom. The van der Waals surface area contributed by atoms with E-state index in [4.69, 9.17) is 5.73 Å². The van der Waals surface area contributed by atoms with E-state index in [1.807, 2.05) is 0 Å². The molecular formula is C13H19N. The van der Waals surface area contributed by atoms with Gasteiger partial charge in [-0.1, -0.05) is 31.5 Å². The summed E-state index contributed by atoms with van der Waals surface area (Å²) in [5, 5.41) is 0. The molecule has 1 aliphatic rings. The molecule has 1 nitrogen and oxygen atoms in total. The van der Waals surface area contributed by atoms with Crippen molar-refractivity contribution < 1.29 is 0 Å². The van der Waals surface area contributed by atoms with Crippen LogP contribution in [-0.2, 0) is 5.41 Å². The third-order valence-electron chi connectivity index (χ3n) is 3.32. The summed E-state index contributed by atoms with van der Waals surface area (Å²) in [5.74, 6) is 0. The summed E-state index contributed by atoms with van der Waals surface area (Å²) in [5.41, 5.74) is 12.0. The molecule has 2 N–H and O–H groups in total. The summed E-state index contributed by atoms with van der Waals surface area (Å²) in [4.78, 5) is 0. The highest BCUT2D eigenvalue weighted by Crippen LogP contribution is 2.45. The van der Waals surface area contributed by atoms with Gasteiger partial charge in [-0.15, -0.1) is 0 Å². The highest BCUT2D eigenvalue weighted by Gasteiger charge is 2.36. The minimum absolute atomic E-state index is 0.235. The Kier molecular flexibility index (Phi) is 1.97. The predicted octanol–water partition coefficient (Wildman–Crippen LogP) is 2.98. The van der Waals surface area contributed by atoms with Crippen molar-refractivity contribution >= 4 is 0 Å². The molecule has 0 fully saturated rings. The molecule has 0 bridgehead atoms. The number of fused-ring (bicyclic) bond motifs is 1. The zero-order valence-corrected chi connectivity index (χ0v) is 9.52. The maximum absolute atomic E-state index is 6.16. The third kappa shape index (κ3) is 1.27. The van der Waals surface area contributed by atoms with Crippen LogP contribution in [0.4, 0.5) is 0 Å². The van der Waals surface area contributed by atoms with Crippen molar-refractivity contribution in [2.75, 3.05) is 0 Å². The molecule has 0 aliphatic heterocycles. The quantitative estimate of drug-likeness (QED) is 0.667. The summed E-state index contributed by atoms with van der Waals surface area (Å²) in [6.07, 6.45) is 1.08. The van der Waals surface area contributed by atoms with Crippen molar-refractivity contribution in [3.8, 4) is 0 Å². The zero-order chi connectivity index (χ0) is 10.5. The number of aryl methyl sites for hydroxylation is 2. The summed E-state index contributed by atoms with van der Waals surface area (Å²) in [6.45, 7) is 8.93. The molecular weight excluding hydrogens is 170 g/mol. The average molecular weight is 189 g/mol. The van der Waals surface area contributed by atoms with Gasteiger partial charge in [0.05, 0.1) is 0 Å². The molecule has 0 saturated carbocycles. The first kappa shape index (κ1) is 9.72. The average Bonchev–Trinajstić information content (AvgIpc) is 2.21. The van der Waals surface area contributed by atoms with Crippen molar-refractivity contribution in [1.82, 2.24) is 0 Å². The number of rotatable bonds is 0. The van der Waals surface area contributed by atoms with Gasteiger partial charge >= 0.3 is 0 Å². The lowest BCUT2D eigenvalue weighted by Crippen LogP contribution is -2.15. The monoisotopic (exact) mass is 189 g/mol. The molecule has 0 radical (unpaired) electrons. The third-order valence-corrected chi connectivity index (χ3v) is 3.32. The van der Waals surface area contributed by atoms with Gasteiger partial charge in [-0.05, 0) is 42.4 Å². The first-order chi connectivity index (χ1) is 6.42. The fourth-order valence-electron chi connectivity index (χ4n) is 2.98. The second kappa shape index (κ2) is 2.83. The van der Waals surface area contributed by atoms with E-state index in [-0.39, 0.29) is 11.5 Å². The van der Waals surface area contributed by atoms with Crippen LogP contribution in [0.25, 0.3) is 0 Å². The lowest BCUT2D eigenvalue weighted by atomic mass is 9.83. The van der Waals surface area contributed by atoms with E-state index in [1.54, 1.807) is 0 Å². The molecule has 0 saturated heterocycles. The largest absolute Gasteiger partial charge is 0.324 e. The molecule has 1 aliphatic carbocycles. The fourth-order valence-corrected chi connectivity index (χ4v) is 2.98. The molecule has 1 atom stereocenters. The van der Waals surface area contributed by atoms with Crippen molar-refractivity contribution in [2.45, 2.75) is 45.6 Å². The van der Waals surface area contributed by atoms with Gasteiger partial charge in [0, 0.05) is 6.04 Å². The van der Waals surface area contributed by atoms with Crippen LogP contribution >= 0.6 is 0 Å². The Balaban J connectivity index is 2.69. The minimum atomic E-state index is 0.235. The van der Waals surface area contributed by atoms with Gasteiger partial charge in [-0.25, -0.2) is 0 Å². The Bertz CT molecular complexity index is 377. The van der Waals surface area contributed by atoms with Crippen molar-refractivity contribution in [1.29, 1.82) is 0 Å². The molecule has 1 heteroatoms. The van der Waals surface area contributed by atoms with Gasteiger partial charge in [0.2, 0.25) is 0 Å². The topological polar surface area (TPSA) is 26.0 Å². The van der Waals surface area contributed by atoms with Crippen LogP contribution in [0.15, 0.2) is 12.1 Å². The summed E-state index contributed by atoms with van der Waals surface area (Å²) >= 11 is 0. The SMILES string of the molecule is Cc1cc(C)c2c(c1)C(N)CC2(C)C. The van der Waals surface area contributed by atoms with Crippen molar-refractivity contribution in [3.05, 3.63) is 34.4 Å². The molecule has 0 amide bonds. The zero-order valence-electron chi connectivity index (χ0n) is 9.52. The molecule has 1 aromatic carbocycles. The number of nitrogens with two attached hydrogens (primary N) is 1. The first-order valence-electron chi connectivity index (χ1n) is 5.29. The van der Waals surface area contributed by atoms with Gasteiger partial charge in [-0.3, -0.25) is 0 Å². The van der Waals surface area contributed by atoms with Crippen molar-refractivity contribution in [3.63, 3.8) is 0 Å². The molecule has 14 heavy (non-hydrogen) atoms. The number of hydrogen-bond acceptors (Lipinski definition) is 1. The first-order valence-corrected chi connectivity index (χ1v) is 5.29. The van der Waals surface area contributed by atoms with E-state index < -0.39 is 0 Å². The van der Waals surface area contributed by atoms with E-state index >= 15 is 0 Å². The van der Waals surface area contributed by atoms with E-state index in [2.05, 4.69) is 39.8 Å². The van der Waals surface area contributed by atoms with Crippen LogP contribution in [0.2, 0.25) is 0 Å². The molecule has 0 spiro atoms. The lowest BCUT2D eigenvalue weighted by Gasteiger charge is -2.21. The van der Waals surface area contributed by atoms with Crippen LogP contribution in [0.5, 0.6) is 0 Å². The predicted molar refractivity (Wildman–Crippen MR) is 60.5 cm³/mol. The lowest BCUT2D eigenvalue weighted by molar-refractivity contribution is 0.480.